The summed E-state index contributed by atoms with van der Waals surface area (Å²) in [6.07, 6.45) is 2.99. The van der Waals surface area contributed by atoms with Crippen molar-refractivity contribution in [1.29, 1.82) is 0 Å². The number of hydrogen-bond donors (Lipinski definition) is 2. The highest BCUT2D eigenvalue weighted by Crippen LogP contribution is 2.22. The van der Waals surface area contributed by atoms with Gasteiger partial charge in [-0.25, -0.2) is 0 Å². The molecule has 0 atom stereocenters. The number of carbonyl (C=O) groups excluding carboxylic acids is 1. The Labute approximate surface area is 109 Å². The Kier molecular flexibility index (Phi) is 3.58. The van der Waals surface area contributed by atoms with Gasteiger partial charge in [0.15, 0.2) is 0 Å². The molecule has 0 aromatic carbocycles. The molecule has 4 nitrogen and oxygen atoms in total. The SMILES string of the molecule is CC(C)n1cc(Br)cc1C(=O)NC1CC(O)C1. The lowest BCUT2D eigenvalue weighted by Gasteiger charge is -2.32. The van der Waals surface area contributed by atoms with Crippen molar-refractivity contribution in [2.75, 3.05) is 0 Å². The second kappa shape index (κ2) is 4.82. The van der Waals surface area contributed by atoms with E-state index < -0.39 is 0 Å². The third kappa shape index (κ3) is 2.72. The molecule has 0 unspecified atom stereocenters. The summed E-state index contributed by atoms with van der Waals surface area (Å²) in [5.74, 6) is -0.0682. The summed E-state index contributed by atoms with van der Waals surface area (Å²) in [4.78, 5) is 12.1. The topological polar surface area (TPSA) is 54.3 Å². The molecular weight excluding hydrogens is 284 g/mol. The number of amides is 1. The van der Waals surface area contributed by atoms with Crippen molar-refractivity contribution in [3.63, 3.8) is 0 Å². The van der Waals surface area contributed by atoms with Crippen LogP contribution in [0.1, 0.15) is 43.2 Å². The van der Waals surface area contributed by atoms with Crippen LogP contribution in [0.2, 0.25) is 0 Å². The van der Waals surface area contributed by atoms with Gasteiger partial charge < -0.3 is 15.0 Å². The van der Waals surface area contributed by atoms with E-state index in [2.05, 4.69) is 21.2 Å². The number of rotatable bonds is 3. The minimum Gasteiger partial charge on any atom is -0.393 e. The van der Waals surface area contributed by atoms with Crippen molar-refractivity contribution < 1.29 is 9.90 Å². The van der Waals surface area contributed by atoms with Gasteiger partial charge >= 0.3 is 0 Å². The number of nitrogens with one attached hydrogen (secondary N) is 1. The van der Waals surface area contributed by atoms with Gasteiger partial charge in [-0.05, 0) is 48.7 Å². The summed E-state index contributed by atoms with van der Waals surface area (Å²) in [5, 5.41) is 12.1. The van der Waals surface area contributed by atoms with Crippen LogP contribution in [-0.2, 0) is 0 Å². The second-order valence-corrected chi connectivity index (χ2v) is 5.76. The molecule has 0 saturated heterocycles. The number of aliphatic hydroxyl groups excluding tert-OH is 1. The van der Waals surface area contributed by atoms with Crippen LogP contribution in [0.3, 0.4) is 0 Å². The molecule has 0 spiro atoms. The lowest BCUT2D eigenvalue weighted by atomic mass is 9.89. The van der Waals surface area contributed by atoms with E-state index in [4.69, 9.17) is 0 Å². The van der Waals surface area contributed by atoms with E-state index in [0.29, 0.717) is 18.5 Å². The van der Waals surface area contributed by atoms with Gasteiger partial charge in [-0.1, -0.05) is 0 Å². The fraction of sp³-hybridized carbons (Fsp3) is 0.583. The molecule has 1 aromatic rings. The Morgan fingerprint density at radius 1 is 1.59 bits per heavy atom. The van der Waals surface area contributed by atoms with Crippen LogP contribution in [0.4, 0.5) is 0 Å². The van der Waals surface area contributed by atoms with Crippen LogP contribution < -0.4 is 5.32 Å². The first-order chi connectivity index (χ1) is 7.97. The van der Waals surface area contributed by atoms with E-state index in [1.807, 2.05) is 30.7 Å². The molecule has 2 N–H and O–H groups in total. The second-order valence-electron chi connectivity index (χ2n) is 4.84. The standard InChI is InChI=1S/C12H17BrN2O2/c1-7(2)15-6-8(13)3-11(15)12(17)14-9-4-10(16)5-9/h3,6-7,9-10,16H,4-5H2,1-2H3,(H,14,17). The Balaban J connectivity index is 2.08. The zero-order valence-electron chi connectivity index (χ0n) is 9.98. The molecule has 0 radical (unpaired) electrons. The number of halogens is 1. The van der Waals surface area contributed by atoms with Gasteiger partial charge in [-0.2, -0.15) is 0 Å². The van der Waals surface area contributed by atoms with Crippen molar-refractivity contribution in [3.8, 4) is 0 Å². The van der Waals surface area contributed by atoms with Crippen molar-refractivity contribution in [3.05, 3.63) is 22.4 Å². The molecule has 1 aliphatic carbocycles. The van der Waals surface area contributed by atoms with Crippen molar-refractivity contribution in [1.82, 2.24) is 9.88 Å². The van der Waals surface area contributed by atoms with Crippen LogP contribution in [-0.4, -0.2) is 27.7 Å². The quantitative estimate of drug-likeness (QED) is 0.898. The minimum absolute atomic E-state index is 0.0682. The largest absolute Gasteiger partial charge is 0.393 e. The first-order valence-electron chi connectivity index (χ1n) is 5.83. The lowest BCUT2D eigenvalue weighted by Crippen LogP contribution is -2.47. The average Bonchev–Trinajstić information content (AvgIpc) is 2.58. The molecule has 1 saturated carbocycles. The normalized spacial score (nSPS) is 23.6. The van der Waals surface area contributed by atoms with E-state index in [1.54, 1.807) is 0 Å². The average molecular weight is 301 g/mol. The number of aliphatic hydroxyl groups is 1. The van der Waals surface area contributed by atoms with Gasteiger partial charge in [0.2, 0.25) is 0 Å². The maximum absolute atomic E-state index is 12.1. The molecule has 5 heteroatoms. The smallest absolute Gasteiger partial charge is 0.268 e. The zero-order chi connectivity index (χ0) is 12.6. The van der Waals surface area contributed by atoms with Crippen molar-refractivity contribution in [2.45, 2.75) is 44.9 Å². The highest BCUT2D eigenvalue weighted by Gasteiger charge is 2.29. The summed E-state index contributed by atoms with van der Waals surface area (Å²) < 4.78 is 2.85. The van der Waals surface area contributed by atoms with Gasteiger partial charge in [0.25, 0.3) is 5.91 Å². The molecule has 94 valence electrons. The Morgan fingerprint density at radius 2 is 2.24 bits per heavy atom. The van der Waals surface area contributed by atoms with Crippen molar-refractivity contribution >= 4 is 21.8 Å². The zero-order valence-corrected chi connectivity index (χ0v) is 11.6. The molecule has 1 fully saturated rings. The number of hydrogen-bond acceptors (Lipinski definition) is 2. The summed E-state index contributed by atoms with van der Waals surface area (Å²) in [6, 6.07) is 2.19. The first-order valence-corrected chi connectivity index (χ1v) is 6.63. The van der Waals surface area contributed by atoms with Crippen LogP contribution in [0.25, 0.3) is 0 Å². The number of carbonyl (C=O) groups is 1. The molecule has 0 bridgehead atoms. The molecule has 1 aliphatic rings. The molecule has 1 aromatic heterocycles. The molecule has 0 aliphatic heterocycles. The van der Waals surface area contributed by atoms with E-state index in [-0.39, 0.29) is 24.1 Å². The highest BCUT2D eigenvalue weighted by atomic mass is 79.9. The number of nitrogens with zero attached hydrogens (tertiary/aromatic N) is 1. The minimum atomic E-state index is -0.246. The van der Waals surface area contributed by atoms with Crippen LogP contribution >= 0.6 is 15.9 Å². The lowest BCUT2D eigenvalue weighted by molar-refractivity contribution is 0.0558. The Bertz CT molecular complexity index is 422. The summed E-state index contributed by atoms with van der Waals surface area (Å²) in [6.45, 7) is 4.08. The Hall–Kier alpha value is -0.810. The van der Waals surface area contributed by atoms with E-state index in [1.165, 1.54) is 0 Å². The Morgan fingerprint density at radius 3 is 2.76 bits per heavy atom. The van der Waals surface area contributed by atoms with Crippen LogP contribution in [0.15, 0.2) is 16.7 Å². The monoisotopic (exact) mass is 300 g/mol. The van der Waals surface area contributed by atoms with Crippen LogP contribution in [0, 0.1) is 0 Å². The first kappa shape index (κ1) is 12.6. The molecule has 1 amide bonds. The van der Waals surface area contributed by atoms with E-state index >= 15 is 0 Å². The number of aromatic nitrogens is 1. The van der Waals surface area contributed by atoms with Crippen molar-refractivity contribution in [2.24, 2.45) is 0 Å². The fourth-order valence-electron chi connectivity index (χ4n) is 2.02. The third-order valence-corrected chi connectivity index (χ3v) is 3.49. The van der Waals surface area contributed by atoms with Gasteiger partial charge in [-0.15, -0.1) is 0 Å². The predicted octanol–water partition coefficient (Wildman–Crippen LogP) is 2.08. The fourth-order valence-corrected chi connectivity index (χ4v) is 2.46. The van der Waals surface area contributed by atoms with Gasteiger partial charge in [0.1, 0.15) is 5.69 Å². The summed E-state index contributed by atoms with van der Waals surface area (Å²) >= 11 is 3.39. The molecular formula is C12H17BrN2O2. The maximum Gasteiger partial charge on any atom is 0.268 e. The summed E-state index contributed by atoms with van der Waals surface area (Å²) in [5.41, 5.74) is 0.660. The van der Waals surface area contributed by atoms with Crippen LogP contribution in [0.5, 0.6) is 0 Å². The molecule has 17 heavy (non-hydrogen) atoms. The predicted molar refractivity (Wildman–Crippen MR) is 69.0 cm³/mol. The van der Waals surface area contributed by atoms with E-state index in [0.717, 1.165) is 4.47 Å². The van der Waals surface area contributed by atoms with E-state index in [9.17, 15) is 9.90 Å². The maximum atomic E-state index is 12.1. The van der Waals surface area contributed by atoms with Gasteiger partial charge in [0, 0.05) is 22.8 Å². The molecule has 1 heterocycles. The van der Waals surface area contributed by atoms with Gasteiger partial charge in [-0.3, -0.25) is 4.79 Å². The van der Waals surface area contributed by atoms with Gasteiger partial charge in [0.05, 0.1) is 6.10 Å². The summed E-state index contributed by atoms with van der Waals surface area (Å²) in [7, 11) is 0. The molecule has 2 rings (SSSR count). The third-order valence-electron chi connectivity index (χ3n) is 3.05. The highest BCUT2D eigenvalue weighted by molar-refractivity contribution is 9.10.